The van der Waals surface area contributed by atoms with Crippen molar-refractivity contribution in [2.24, 2.45) is 11.7 Å². The highest BCUT2D eigenvalue weighted by Crippen LogP contribution is 2.51. The van der Waals surface area contributed by atoms with Crippen LogP contribution >= 0.6 is 11.8 Å². The van der Waals surface area contributed by atoms with E-state index in [9.17, 15) is 4.79 Å². The van der Waals surface area contributed by atoms with E-state index >= 15 is 0 Å². The number of benzene rings is 1. The summed E-state index contributed by atoms with van der Waals surface area (Å²) in [7, 11) is 0. The Morgan fingerprint density at radius 2 is 2.05 bits per heavy atom. The first kappa shape index (κ1) is 14.0. The molecule has 1 aromatic carbocycles. The molecule has 0 radical (unpaired) electrons. The van der Waals surface area contributed by atoms with Crippen LogP contribution < -0.4 is 11.1 Å². The van der Waals surface area contributed by atoms with Crippen molar-refractivity contribution in [2.45, 2.75) is 47.8 Å². The Kier molecular flexibility index (Phi) is 4.03. The van der Waals surface area contributed by atoms with Crippen molar-refractivity contribution in [3.8, 4) is 0 Å². The van der Waals surface area contributed by atoms with Crippen molar-refractivity contribution in [1.29, 1.82) is 0 Å². The molecular formula is C16H22N2OS. The molecule has 2 atom stereocenters. The molecule has 0 saturated heterocycles. The summed E-state index contributed by atoms with van der Waals surface area (Å²) in [6.07, 6.45) is 5.17. The van der Waals surface area contributed by atoms with Crippen molar-refractivity contribution in [3.05, 3.63) is 30.3 Å². The number of nitrogens with two attached hydrogens (primary N) is 1. The Bertz CT molecular complexity index is 473. The van der Waals surface area contributed by atoms with E-state index in [0.717, 1.165) is 25.8 Å². The first-order valence-corrected chi connectivity index (χ1v) is 8.26. The molecule has 108 valence electrons. The van der Waals surface area contributed by atoms with Crippen LogP contribution in [0.25, 0.3) is 0 Å². The van der Waals surface area contributed by atoms with E-state index < -0.39 is 0 Å². The van der Waals surface area contributed by atoms with Crippen LogP contribution in [0.15, 0.2) is 35.2 Å². The summed E-state index contributed by atoms with van der Waals surface area (Å²) in [5, 5.41) is 3.15. The third-order valence-corrected chi connectivity index (χ3v) is 5.81. The summed E-state index contributed by atoms with van der Waals surface area (Å²) in [5.74, 6) is 0.348. The first-order valence-electron chi connectivity index (χ1n) is 7.44. The summed E-state index contributed by atoms with van der Waals surface area (Å²) in [4.78, 5) is 13.4. The number of carbonyl (C=O) groups excluding carboxylic acids is 1. The molecule has 2 aliphatic carbocycles. The summed E-state index contributed by atoms with van der Waals surface area (Å²) in [6, 6.07) is 10.7. The standard InChI is InChI=1S/C16H22N2OS/c17-13-7-6-12(10-13)15(19)18-11-16(8-9-16)20-14-4-2-1-3-5-14/h1-5,12-13H,6-11,17H2,(H,18,19). The van der Waals surface area contributed by atoms with Gasteiger partial charge in [0.15, 0.2) is 0 Å². The average molecular weight is 290 g/mol. The molecular weight excluding hydrogens is 268 g/mol. The molecule has 2 aliphatic rings. The average Bonchev–Trinajstić information content (AvgIpc) is 3.08. The molecule has 20 heavy (non-hydrogen) atoms. The van der Waals surface area contributed by atoms with Crippen molar-refractivity contribution < 1.29 is 4.79 Å². The van der Waals surface area contributed by atoms with Crippen molar-refractivity contribution in [3.63, 3.8) is 0 Å². The van der Waals surface area contributed by atoms with Gasteiger partial charge in [-0.2, -0.15) is 0 Å². The Morgan fingerprint density at radius 1 is 1.30 bits per heavy atom. The summed E-state index contributed by atoms with van der Waals surface area (Å²) < 4.78 is 0.234. The molecule has 1 amide bonds. The van der Waals surface area contributed by atoms with E-state index in [0.29, 0.717) is 0 Å². The monoisotopic (exact) mass is 290 g/mol. The number of rotatable bonds is 5. The number of hydrogen-bond acceptors (Lipinski definition) is 3. The number of thioether (sulfide) groups is 1. The summed E-state index contributed by atoms with van der Waals surface area (Å²) in [6.45, 7) is 0.789. The minimum atomic E-state index is 0.141. The van der Waals surface area contributed by atoms with Gasteiger partial charge in [0.05, 0.1) is 0 Å². The Labute approximate surface area is 124 Å². The van der Waals surface area contributed by atoms with E-state index in [4.69, 9.17) is 5.73 Å². The third kappa shape index (κ3) is 3.36. The number of carbonyl (C=O) groups is 1. The van der Waals surface area contributed by atoms with Gasteiger partial charge in [-0.1, -0.05) is 18.2 Å². The van der Waals surface area contributed by atoms with Crippen LogP contribution in [0.1, 0.15) is 32.1 Å². The van der Waals surface area contributed by atoms with Crippen molar-refractivity contribution in [2.75, 3.05) is 6.54 Å². The Balaban J connectivity index is 1.49. The molecule has 0 heterocycles. The maximum atomic E-state index is 12.1. The molecule has 0 aliphatic heterocycles. The lowest BCUT2D eigenvalue weighted by atomic mass is 10.1. The second-order valence-electron chi connectivity index (χ2n) is 6.09. The highest BCUT2D eigenvalue weighted by atomic mass is 32.2. The second-order valence-corrected chi connectivity index (χ2v) is 7.63. The van der Waals surface area contributed by atoms with Crippen LogP contribution in [0, 0.1) is 5.92 Å². The molecule has 0 bridgehead atoms. The predicted octanol–water partition coefficient (Wildman–Crippen LogP) is 2.55. The fourth-order valence-electron chi connectivity index (χ4n) is 2.84. The Morgan fingerprint density at radius 3 is 2.65 bits per heavy atom. The van der Waals surface area contributed by atoms with Gasteiger partial charge in [0.2, 0.25) is 5.91 Å². The largest absolute Gasteiger partial charge is 0.354 e. The highest BCUT2D eigenvalue weighted by molar-refractivity contribution is 8.01. The highest BCUT2D eigenvalue weighted by Gasteiger charge is 2.44. The van der Waals surface area contributed by atoms with Crippen LogP contribution in [-0.4, -0.2) is 23.2 Å². The van der Waals surface area contributed by atoms with Gasteiger partial charge >= 0.3 is 0 Å². The third-order valence-electron chi connectivity index (χ3n) is 4.31. The Hall–Kier alpha value is -1.00. The molecule has 4 heteroatoms. The van der Waals surface area contributed by atoms with Crippen LogP contribution in [-0.2, 0) is 4.79 Å². The van der Waals surface area contributed by atoms with Gasteiger partial charge in [0, 0.05) is 28.1 Å². The van der Waals surface area contributed by atoms with Gasteiger partial charge in [-0.05, 0) is 44.2 Å². The first-order chi connectivity index (χ1) is 9.67. The maximum absolute atomic E-state index is 12.1. The molecule has 3 nitrogen and oxygen atoms in total. The molecule has 1 aromatic rings. The fraction of sp³-hybridized carbons (Fsp3) is 0.562. The normalized spacial score (nSPS) is 27.2. The zero-order valence-electron chi connectivity index (χ0n) is 11.7. The van der Waals surface area contributed by atoms with Gasteiger partial charge < -0.3 is 11.1 Å². The zero-order chi connectivity index (χ0) is 14.0. The van der Waals surface area contributed by atoms with Crippen LogP contribution in [0.5, 0.6) is 0 Å². The molecule has 2 fully saturated rings. The number of hydrogen-bond donors (Lipinski definition) is 2. The van der Waals surface area contributed by atoms with Crippen LogP contribution in [0.3, 0.4) is 0 Å². The van der Waals surface area contributed by atoms with Crippen LogP contribution in [0.4, 0.5) is 0 Å². The van der Waals surface area contributed by atoms with E-state index in [1.165, 1.54) is 17.7 Å². The van der Waals surface area contributed by atoms with Gasteiger partial charge in [0.1, 0.15) is 0 Å². The van der Waals surface area contributed by atoms with Crippen LogP contribution in [0.2, 0.25) is 0 Å². The molecule has 3 N–H and O–H groups in total. The zero-order valence-corrected chi connectivity index (χ0v) is 12.5. The quantitative estimate of drug-likeness (QED) is 0.876. The lowest BCUT2D eigenvalue weighted by molar-refractivity contribution is -0.124. The topological polar surface area (TPSA) is 55.1 Å². The predicted molar refractivity (Wildman–Crippen MR) is 82.6 cm³/mol. The molecule has 3 rings (SSSR count). The molecule has 0 spiro atoms. The van der Waals surface area contributed by atoms with E-state index in [1.807, 2.05) is 17.8 Å². The van der Waals surface area contributed by atoms with Gasteiger partial charge in [-0.3, -0.25) is 4.79 Å². The fourth-order valence-corrected chi connectivity index (χ4v) is 4.08. The molecule has 2 unspecified atom stereocenters. The van der Waals surface area contributed by atoms with E-state index in [-0.39, 0.29) is 22.6 Å². The van der Waals surface area contributed by atoms with Gasteiger partial charge in [0.25, 0.3) is 0 Å². The van der Waals surface area contributed by atoms with E-state index in [1.54, 1.807) is 0 Å². The van der Waals surface area contributed by atoms with Gasteiger partial charge in [-0.15, -0.1) is 11.8 Å². The van der Waals surface area contributed by atoms with Gasteiger partial charge in [-0.25, -0.2) is 0 Å². The minimum Gasteiger partial charge on any atom is -0.354 e. The van der Waals surface area contributed by atoms with E-state index in [2.05, 4.69) is 29.6 Å². The van der Waals surface area contributed by atoms with Crippen molar-refractivity contribution >= 4 is 17.7 Å². The lowest BCUT2D eigenvalue weighted by Crippen LogP contribution is -2.36. The smallest absolute Gasteiger partial charge is 0.223 e. The molecule has 2 saturated carbocycles. The number of amides is 1. The summed E-state index contributed by atoms with van der Waals surface area (Å²) in [5.41, 5.74) is 5.88. The molecule has 0 aromatic heterocycles. The lowest BCUT2D eigenvalue weighted by Gasteiger charge is -2.17. The maximum Gasteiger partial charge on any atom is 0.223 e. The SMILES string of the molecule is NC1CCC(C(=O)NCC2(Sc3ccccc3)CC2)C1. The van der Waals surface area contributed by atoms with Crippen molar-refractivity contribution in [1.82, 2.24) is 5.32 Å². The number of nitrogens with one attached hydrogen (secondary N) is 1. The minimum absolute atomic E-state index is 0.141. The summed E-state index contributed by atoms with van der Waals surface area (Å²) >= 11 is 1.90. The second kappa shape index (κ2) is 5.78.